The van der Waals surface area contributed by atoms with Gasteiger partial charge in [-0.15, -0.1) is 48.3 Å². The summed E-state index contributed by atoms with van der Waals surface area (Å²) >= 11 is 3.36. The van der Waals surface area contributed by atoms with E-state index in [0.29, 0.717) is 63.6 Å². The lowest BCUT2D eigenvalue weighted by molar-refractivity contribution is -0.144. The first-order chi connectivity index (χ1) is 34.5. The first-order valence-corrected chi connectivity index (χ1v) is 28.3. The Bertz CT molecular complexity index is 1990. The van der Waals surface area contributed by atoms with E-state index >= 15 is 0 Å². The van der Waals surface area contributed by atoms with E-state index in [4.69, 9.17) is 9.47 Å². The van der Waals surface area contributed by atoms with E-state index < -0.39 is 59.2 Å². The predicted molar refractivity (Wildman–Crippen MR) is 299 cm³/mol. The summed E-state index contributed by atoms with van der Waals surface area (Å²) in [5.41, 5.74) is 0.892. The van der Waals surface area contributed by atoms with E-state index in [-0.39, 0.29) is 71.0 Å². The summed E-state index contributed by atoms with van der Waals surface area (Å²) < 4.78 is 12.4. The third-order valence-electron chi connectivity index (χ3n) is 14.8. The molecule has 0 radical (unpaired) electrons. The van der Waals surface area contributed by atoms with E-state index in [1.54, 1.807) is 61.3 Å². The van der Waals surface area contributed by atoms with Gasteiger partial charge in [0.25, 0.3) is 0 Å². The second-order valence-corrected chi connectivity index (χ2v) is 23.8. The third-order valence-corrected chi connectivity index (χ3v) is 17.3. The van der Waals surface area contributed by atoms with Gasteiger partial charge in [0, 0.05) is 13.2 Å². The number of likely N-dealkylation sites (N-methyl/N-ethyl adjacent to an activating group) is 2. The minimum absolute atomic E-state index is 0. The smallest absolute Gasteiger partial charge is 0.246 e. The Hall–Kier alpha value is -3.62. The van der Waals surface area contributed by atoms with Crippen molar-refractivity contribution in [2.24, 2.45) is 10.8 Å². The van der Waals surface area contributed by atoms with Gasteiger partial charge in [-0.25, -0.2) is 0 Å². The second kappa shape index (κ2) is 29.8. The number of amides is 6. The van der Waals surface area contributed by atoms with Crippen LogP contribution in [0, 0.1) is 10.8 Å². The van der Waals surface area contributed by atoms with Crippen LogP contribution in [-0.4, -0.2) is 144 Å². The van der Waals surface area contributed by atoms with Crippen LogP contribution in [0.4, 0.5) is 0 Å². The number of unbranched alkanes of at least 4 members (excludes halogenated alkanes) is 5. The zero-order valence-corrected chi connectivity index (χ0v) is 47.9. The minimum atomic E-state index is -0.705. The molecule has 4 aliphatic rings. The van der Waals surface area contributed by atoms with Crippen molar-refractivity contribution >= 4 is 83.8 Å². The molecule has 6 rings (SSSR count). The van der Waals surface area contributed by atoms with Crippen LogP contribution in [0.5, 0.6) is 0 Å². The number of carbonyl (C=O) groups is 6. The molecule has 74 heavy (non-hydrogen) atoms. The fourth-order valence-corrected chi connectivity index (χ4v) is 13.5. The fraction of sp³-hybridized carbons (Fsp3) is 0.667. The molecular formula is C54H84Cl2N8O8S2. The first kappa shape index (κ1) is 62.9. The monoisotopic (exact) mass is 1110 g/mol. The molecular weight excluding hydrogens is 1020 g/mol. The maximum atomic E-state index is 14.4. The van der Waals surface area contributed by atoms with Crippen LogP contribution >= 0.6 is 48.3 Å². The topological polar surface area (TPSA) is 200 Å². The van der Waals surface area contributed by atoms with Gasteiger partial charge >= 0.3 is 0 Å². The highest BCUT2D eigenvalue weighted by molar-refractivity contribution is 8.00. The average molecular weight is 1110 g/mol. The molecule has 6 N–H and O–H groups in total. The van der Waals surface area contributed by atoms with Crippen LogP contribution in [0.2, 0.25) is 0 Å². The summed E-state index contributed by atoms with van der Waals surface area (Å²) in [5, 5.41) is 18.0. The van der Waals surface area contributed by atoms with Gasteiger partial charge in [-0.2, -0.15) is 0 Å². The summed E-state index contributed by atoms with van der Waals surface area (Å²) in [7, 11) is 3.41. The third kappa shape index (κ3) is 16.4. The number of benzene rings is 2. The van der Waals surface area contributed by atoms with E-state index in [2.05, 4.69) is 31.9 Å². The van der Waals surface area contributed by atoms with Crippen LogP contribution in [0.1, 0.15) is 129 Å². The van der Waals surface area contributed by atoms with Crippen molar-refractivity contribution in [1.29, 1.82) is 0 Å². The van der Waals surface area contributed by atoms with Crippen molar-refractivity contribution in [2.45, 2.75) is 165 Å². The van der Waals surface area contributed by atoms with Crippen molar-refractivity contribution in [3.63, 3.8) is 0 Å². The molecule has 414 valence electrons. The molecule has 6 amide bonds. The highest BCUT2D eigenvalue weighted by Crippen LogP contribution is 2.48. The Kier molecular flexibility index (Phi) is 25.3. The normalized spacial score (nSPS) is 24.5. The second-order valence-electron chi connectivity index (χ2n) is 21.3. The molecule has 4 saturated heterocycles. The Morgan fingerprint density at radius 2 is 0.946 bits per heavy atom. The summed E-state index contributed by atoms with van der Waals surface area (Å²) in [4.78, 5) is 86.0. The lowest BCUT2D eigenvalue weighted by Gasteiger charge is -2.35. The Morgan fingerprint density at radius 3 is 1.30 bits per heavy atom. The molecule has 0 bridgehead atoms. The number of carbonyl (C=O) groups excluding carboxylic acids is 6. The van der Waals surface area contributed by atoms with Crippen LogP contribution in [0.15, 0.2) is 60.7 Å². The SMILES string of the molecule is CNC(C)C(=O)N[C@H]1CCS[C@H]2CC(C)(C)[C@@H](C(=O)NC(COCCCCCCCCOCC(NC(=O)[C@H]3N4C(=O)[C@@H](NC(=O)C(C)NC)CCS[C@H]4CC3(C)C)c3ccccc3)c3ccccc3)N2C1=O.Cl.Cl. The van der Waals surface area contributed by atoms with E-state index in [1.165, 1.54) is 0 Å². The van der Waals surface area contributed by atoms with E-state index in [0.717, 1.165) is 49.7 Å². The number of nitrogens with one attached hydrogen (secondary N) is 6. The Balaban J connectivity index is 0.00000593. The maximum absolute atomic E-state index is 14.4. The first-order valence-electron chi connectivity index (χ1n) is 26.2. The van der Waals surface area contributed by atoms with Gasteiger partial charge in [0.15, 0.2) is 0 Å². The van der Waals surface area contributed by atoms with Crippen molar-refractivity contribution in [2.75, 3.05) is 52.0 Å². The molecule has 4 aliphatic heterocycles. The molecule has 20 heteroatoms. The number of nitrogens with zero attached hydrogens (tertiary/aromatic N) is 2. The van der Waals surface area contributed by atoms with Crippen molar-refractivity contribution in [3.8, 4) is 0 Å². The molecule has 10 atom stereocenters. The number of thioether (sulfide) groups is 2. The quantitative estimate of drug-likeness (QED) is 0.0610. The van der Waals surface area contributed by atoms with Crippen molar-refractivity contribution in [1.82, 2.24) is 41.7 Å². The summed E-state index contributed by atoms with van der Waals surface area (Å²) in [6.45, 7) is 13.4. The summed E-state index contributed by atoms with van der Waals surface area (Å²) in [6, 6.07) is 15.1. The predicted octanol–water partition coefficient (Wildman–Crippen LogP) is 6.28. The van der Waals surface area contributed by atoms with Crippen molar-refractivity contribution < 1.29 is 38.2 Å². The van der Waals surface area contributed by atoms with E-state index in [9.17, 15) is 28.8 Å². The molecule has 4 heterocycles. The molecule has 0 aliphatic carbocycles. The van der Waals surface area contributed by atoms with Crippen LogP contribution in [0.3, 0.4) is 0 Å². The Labute approximate surface area is 460 Å². The van der Waals surface area contributed by atoms with Gasteiger partial charge in [-0.3, -0.25) is 28.8 Å². The van der Waals surface area contributed by atoms with Gasteiger partial charge in [0.05, 0.1) is 48.1 Å². The number of halogens is 2. The van der Waals surface area contributed by atoms with Crippen molar-refractivity contribution in [3.05, 3.63) is 71.8 Å². The average Bonchev–Trinajstić information content (AvgIpc) is 3.68. The summed E-state index contributed by atoms with van der Waals surface area (Å²) in [6.07, 6.45) is 8.23. The molecule has 0 aromatic heterocycles. The highest BCUT2D eigenvalue weighted by atomic mass is 35.5. The highest BCUT2D eigenvalue weighted by Gasteiger charge is 2.56. The molecule has 0 spiro atoms. The zero-order chi connectivity index (χ0) is 52.0. The van der Waals surface area contributed by atoms with Crippen LogP contribution in [0.25, 0.3) is 0 Å². The number of ether oxygens (including phenoxy) is 2. The van der Waals surface area contributed by atoms with Gasteiger partial charge < -0.3 is 51.2 Å². The maximum Gasteiger partial charge on any atom is 0.246 e. The van der Waals surface area contributed by atoms with Gasteiger partial charge in [-0.1, -0.05) is 114 Å². The number of hydrogen-bond acceptors (Lipinski definition) is 12. The molecule has 4 fully saturated rings. The van der Waals surface area contributed by atoms with Gasteiger partial charge in [0.1, 0.15) is 24.2 Å². The number of hydrogen-bond donors (Lipinski definition) is 6. The van der Waals surface area contributed by atoms with Crippen LogP contribution in [-0.2, 0) is 38.2 Å². The van der Waals surface area contributed by atoms with Gasteiger partial charge in [-0.05, 0) is 99.9 Å². The summed E-state index contributed by atoms with van der Waals surface area (Å²) in [5.74, 6) is 0.0715. The largest absolute Gasteiger partial charge is 0.379 e. The number of fused-ring (bicyclic) bond motifs is 2. The van der Waals surface area contributed by atoms with Gasteiger partial charge in [0.2, 0.25) is 35.4 Å². The standard InChI is InChI=1S/C54H82N8O8S2.2ClH/c1-35(55-7)47(63)57-39-25-29-71-43-31-53(3,4)45(61(43)51(39)67)49(65)59-41(37-21-15-13-16-22-37)33-69-27-19-11-9-10-12-20-28-70-34-42(38-23-17-14-18-24-38)60-50(66)46-54(5,6)32-44-62(46)52(68)40(26-30-72-44)58-48(64)36(2)56-8;;/h13-18,21-24,35-36,39-46,55-56H,9-12,19-20,25-34H2,1-8H3,(H,57,63)(H,58,64)(H,59,65)(H,60,66);2*1H/t35?,36?,39-,40-,41?,42?,43-,44-,45+,46+;;/m0../s1. The molecule has 0 saturated carbocycles. The fourth-order valence-electron chi connectivity index (χ4n) is 10.4. The lowest BCUT2D eigenvalue weighted by Crippen LogP contribution is -2.58. The minimum Gasteiger partial charge on any atom is -0.379 e. The van der Waals surface area contributed by atoms with Crippen LogP contribution < -0.4 is 31.9 Å². The zero-order valence-electron chi connectivity index (χ0n) is 44.7. The number of rotatable bonds is 25. The Morgan fingerprint density at radius 1 is 0.595 bits per heavy atom. The molecule has 2 aromatic rings. The molecule has 2 aromatic carbocycles. The molecule has 16 nitrogen and oxygen atoms in total. The van der Waals surface area contributed by atoms with E-state index in [1.807, 2.05) is 88.4 Å². The molecule has 4 unspecified atom stereocenters. The lowest BCUT2D eigenvalue weighted by atomic mass is 9.83.